The summed E-state index contributed by atoms with van der Waals surface area (Å²) >= 11 is 0. The second kappa shape index (κ2) is 15.0. The third-order valence-corrected chi connectivity index (χ3v) is 8.63. The molecule has 1 fully saturated rings. The van der Waals surface area contributed by atoms with Crippen LogP contribution in [0.3, 0.4) is 0 Å². The maximum absolute atomic E-state index is 13.5. The molecule has 14 heteroatoms. The van der Waals surface area contributed by atoms with Crippen molar-refractivity contribution in [2.24, 2.45) is 5.92 Å². The maximum Gasteiger partial charge on any atom is 0.407 e. The van der Waals surface area contributed by atoms with Gasteiger partial charge in [0.1, 0.15) is 17.6 Å². The monoisotopic (exact) mass is 614 g/mol. The molecule has 12 nitrogen and oxygen atoms in total. The van der Waals surface area contributed by atoms with Crippen molar-refractivity contribution >= 4 is 23.7 Å². The molecule has 3 rings (SSSR count). The van der Waals surface area contributed by atoms with Crippen LogP contribution in [0.2, 0.25) is 0 Å². The number of alkyl carbamates (subject to hydrolysis) is 1. The number of hydrogen-bond acceptors (Lipinski definition) is 8. The van der Waals surface area contributed by atoms with Gasteiger partial charge in [-0.15, -0.1) is 0 Å². The molecule has 41 heavy (non-hydrogen) atoms. The minimum Gasteiger partial charge on any atom is -0.497 e. The SMILES string of the molecule is COc1ccc(S(=O)(=O)N(CC[C@H](Cc2ccc(OCP(=O)(O)O)cc2)NC(=O)O[C@@H]2CCOC2)CC(C)C)cc1. The van der Waals surface area contributed by atoms with Gasteiger partial charge >= 0.3 is 13.7 Å². The highest BCUT2D eigenvalue weighted by atomic mass is 32.2. The first-order valence-electron chi connectivity index (χ1n) is 13.3. The van der Waals surface area contributed by atoms with Gasteiger partial charge in [0.15, 0.2) is 6.35 Å². The van der Waals surface area contributed by atoms with Gasteiger partial charge in [-0.05, 0) is 60.7 Å². The third-order valence-electron chi connectivity index (χ3n) is 6.28. The summed E-state index contributed by atoms with van der Waals surface area (Å²) in [5, 5.41) is 2.88. The van der Waals surface area contributed by atoms with Gasteiger partial charge in [-0.2, -0.15) is 4.31 Å². The zero-order valence-electron chi connectivity index (χ0n) is 23.5. The van der Waals surface area contributed by atoms with Gasteiger partial charge in [-0.25, -0.2) is 13.2 Å². The fraction of sp³-hybridized carbons (Fsp3) is 0.519. The highest BCUT2D eigenvalue weighted by molar-refractivity contribution is 7.89. The standard InChI is InChI=1S/C27H39N2O10PS/c1-20(2)17-29(41(34,35)26-10-8-23(36-3)9-11-26)14-12-22(28-27(30)39-25-13-15-37-18-25)16-21-4-6-24(7-5-21)38-19-40(31,32)33/h4-11,20,22,25H,12-19H2,1-3H3,(H,28,30)(H2,31,32,33)/t22-,25-/m1/s1. The molecule has 1 saturated heterocycles. The molecule has 0 aliphatic carbocycles. The van der Waals surface area contributed by atoms with Crippen LogP contribution in [0, 0.1) is 5.92 Å². The third kappa shape index (κ3) is 10.9. The Hall–Kier alpha value is -2.67. The molecular weight excluding hydrogens is 575 g/mol. The summed E-state index contributed by atoms with van der Waals surface area (Å²) in [6.45, 7) is 5.15. The van der Waals surface area contributed by atoms with Crippen LogP contribution >= 0.6 is 7.60 Å². The van der Waals surface area contributed by atoms with Crippen molar-refractivity contribution < 1.29 is 46.5 Å². The van der Waals surface area contributed by atoms with E-state index in [1.807, 2.05) is 13.8 Å². The molecule has 228 valence electrons. The van der Waals surface area contributed by atoms with Crippen LogP contribution < -0.4 is 14.8 Å². The first-order valence-corrected chi connectivity index (χ1v) is 16.5. The van der Waals surface area contributed by atoms with E-state index in [2.05, 4.69) is 5.32 Å². The number of nitrogens with one attached hydrogen (secondary N) is 1. The quantitative estimate of drug-likeness (QED) is 0.254. The molecule has 3 N–H and O–H groups in total. The summed E-state index contributed by atoms with van der Waals surface area (Å²) < 4.78 is 60.6. The summed E-state index contributed by atoms with van der Waals surface area (Å²) in [7, 11) is -6.63. The fourth-order valence-electron chi connectivity index (χ4n) is 4.26. The Labute approximate surface area is 241 Å². The van der Waals surface area contributed by atoms with Crippen molar-refractivity contribution in [2.75, 3.05) is 39.8 Å². The average Bonchev–Trinajstić information content (AvgIpc) is 3.42. The summed E-state index contributed by atoms with van der Waals surface area (Å²) in [6, 6.07) is 12.3. The number of sulfonamides is 1. The van der Waals surface area contributed by atoms with Crippen molar-refractivity contribution in [3.63, 3.8) is 0 Å². The van der Waals surface area contributed by atoms with Crippen molar-refractivity contribution in [1.82, 2.24) is 9.62 Å². The largest absolute Gasteiger partial charge is 0.497 e. The van der Waals surface area contributed by atoms with Gasteiger partial charge < -0.3 is 34.1 Å². The average molecular weight is 615 g/mol. The zero-order valence-corrected chi connectivity index (χ0v) is 25.2. The van der Waals surface area contributed by atoms with Crippen LogP contribution in [0.25, 0.3) is 0 Å². The number of carbonyl (C=O) groups excluding carboxylic acids is 1. The predicted molar refractivity (Wildman–Crippen MR) is 152 cm³/mol. The normalized spacial score (nSPS) is 16.5. The number of methoxy groups -OCH3 is 1. The molecule has 0 aromatic heterocycles. The zero-order chi connectivity index (χ0) is 30.0. The Morgan fingerprint density at radius 1 is 1.12 bits per heavy atom. The molecule has 0 radical (unpaired) electrons. The van der Waals surface area contributed by atoms with Crippen molar-refractivity contribution in [1.29, 1.82) is 0 Å². The lowest BCUT2D eigenvalue weighted by atomic mass is 10.0. The molecule has 0 unspecified atom stereocenters. The van der Waals surface area contributed by atoms with Crippen LogP contribution in [0.5, 0.6) is 11.5 Å². The number of benzene rings is 2. The molecule has 0 saturated carbocycles. The minimum absolute atomic E-state index is 0.0578. The van der Waals surface area contributed by atoms with E-state index in [1.54, 1.807) is 36.4 Å². The number of carbonyl (C=O) groups is 1. The maximum atomic E-state index is 13.5. The van der Waals surface area contributed by atoms with Gasteiger partial charge in [0.2, 0.25) is 10.0 Å². The van der Waals surface area contributed by atoms with Crippen molar-refractivity contribution in [2.45, 2.75) is 50.2 Å². The number of ether oxygens (including phenoxy) is 4. The van der Waals surface area contributed by atoms with Crippen LogP contribution in [0.4, 0.5) is 4.79 Å². The van der Waals surface area contributed by atoms with E-state index in [-0.39, 0.29) is 35.8 Å². The first-order chi connectivity index (χ1) is 19.4. The van der Waals surface area contributed by atoms with Crippen LogP contribution in [-0.2, 0) is 30.5 Å². The summed E-state index contributed by atoms with van der Waals surface area (Å²) in [5.74, 6) is 0.895. The lowest BCUT2D eigenvalue weighted by molar-refractivity contribution is 0.0803. The molecule has 2 aromatic rings. The minimum atomic E-state index is -4.32. The number of rotatable bonds is 15. The Balaban J connectivity index is 1.75. The van der Waals surface area contributed by atoms with Gasteiger partial charge in [0.05, 0.1) is 25.2 Å². The summed E-state index contributed by atoms with van der Waals surface area (Å²) in [4.78, 5) is 30.9. The van der Waals surface area contributed by atoms with Crippen LogP contribution in [-0.4, -0.2) is 80.5 Å². The molecule has 1 aliphatic heterocycles. The van der Waals surface area contributed by atoms with Gasteiger partial charge in [-0.1, -0.05) is 26.0 Å². The molecule has 0 spiro atoms. The lowest BCUT2D eigenvalue weighted by Crippen LogP contribution is -2.42. The second-order valence-electron chi connectivity index (χ2n) is 10.2. The first kappa shape index (κ1) is 32.8. The smallest absolute Gasteiger partial charge is 0.407 e. The molecule has 1 amide bonds. The number of hydrogen-bond donors (Lipinski definition) is 3. The number of amides is 1. The van der Waals surface area contributed by atoms with E-state index < -0.39 is 36.1 Å². The summed E-state index contributed by atoms with van der Waals surface area (Å²) in [5.41, 5.74) is 0.802. The van der Waals surface area contributed by atoms with Gasteiger partial charge in [-0.3, -0.25) is 4.57 Å². The van der Waals surface area contributed by atoms with E-state index in [4.69, 9.17) is 28.7 Å². The number of nitrogens with zero attached hydrogens (tertiary/aromatic N) is 1. The Kier molecular flexibility index (Phi) is 12.0. The van der Waals surface area contributed by atoms with Crippen molar-refractivity contribution in [3.05, 3.63) is 54.1 Å². The van der Waals surface area contributed by atoms with Crippen LogP contribution in [0.15, 0.2) is 53.4 Å². The van der Waals surface area contributed by atoms with Gasteiger partial charge in [0, 0.05) is 25.6 Å². The fourth-order valence-corrected chi connectivity index (χ4v) is 6.20. The summed E-state index contributed by atoms with van der Waals surface area (Å²) in [6.07, 6.45) is -0.422. The second-order valence-corrected chi connectivity index (χ2v) is 13.8. The Morgan fingerprint density at radius 3 is 2.34 bits per heavy atom. The highest BCUT2D eigenvalue weighted by Gasteiger charge is 2.28. The molecule has 2 aromatic carbocycles. The lowest BCUT2D eigenvalue weighted by Gasteiger charge is -2.27. The van der Waals surface area contributed by atoms with Crippen LogP contribution in [0.1, 0.15) is 32.3 Å². The molecule has 2 atom stereocenters. The van der Waals surface area contributed by atoms with E-state index in [9.17, 15) is 17.8 Å². The predicted octanol–water partition coefficient (Wildman–Crippen LogP) is 3.37. The molecular formula is C27H39N2O10PS. The Morgan fingerprint density at radius 2 is 1.78 bits per heavy atom. The van der Waals surface area contributed by atoms with E-state index in [0.717, 1.165) is 5.56 Å². The van der Waals surface area contributed by atoms with Gasteiger partial charge in [0.25, 0.3) is 0 Å². The molecule has 0 bridgehead atoms. The highest BCUT2D eigenvalue weighted by Crippen LogP contribution is 2.34. The van der Waals surface area contributed by atoms with E-state index in [0.29, 0.717) is 38.2 Å². The van der Waals surface area contributed by atoms with Crippen molar-refractivity contribution in [3.8, 4) is 11.5 Å². The van der Waals surface area contributed by atoms with E-state index in [1.165, 1.54) is 23.5 Å². The molecule has 1 aliphatic rings. The van der Waals surface area contributed by atoms with E-state index >= 15 is 0 Å². The Bertz CT molecular complexity index is 1260. The molecule has 1 heterocycles. The topological polar surface area (TPSA) is 161 Å².